The van der Waals surface area contributed by atoms with Gasteiger partial charge in [0.25, 0.3) is 10.0 Å². The van der Waals surface area contributed by atoms with E-state index in [1.165, 1.54) is 0 Å². The third-order valence-corrected chi connectivity index (χ3v) is 4.86. The fourth-order valence-electron chi connectivity index (χ4n) is 1.98. The molecule has 0 unspecified atom stereocenters. The molecule has 23 heavy (non-hydrogen) atoms. The number of hydrogen-bond acceptors (Lipinski definition) is 5. The van der Waals surface area contributed by atoms with Crippen LogP contribution in [0.4, 0.5) is 5.69 Å². The van der Waals surface area contributed by atoms with Gasteiger partial charge in [0.2, 0.25) is 0 Å². The molecular formula is C16H23N3O3S. The molecule has 7 heteroatoms. The standard InChI is InChI=1S/C16H23N3O3S/c1-13(14-6-8-15(9-7-14)19(2)3)16(12-17)23(20,21)18-10-5-11-22-4/h6-9,18H,5,10-11H2,1-4H3/b16-13+. The highest BCUT2D eigenvalue weighted by atomic mass is 32.2. The minimum Gasteiger partial charge on any atom is -0.385 e. The van der Waals surface area contributed by atoms with E-state index in [2.05, 4.69) is 4.72 Å². The van der Waals surface area contributed by atoms with Gasteiger partial charge in [-0.2, -0.15) is 5.26 Å². The number of rotatable bonds is 8. The quantitative estimate of drug-likeness (QED) is 0.579. The lowest BCUT2D eigenvalue weighted by atomic mass is 10.1. The van der Waals surface area contributed by atoms with E-state index in [1.807, 2.05) is 43.3 Å². The van der Waals surface area contributed by atoms with Crippen LogP contribution in [0.2, 0.25) is 0 Å². The number of nitrogens with zero attached hydrogens (tertiary/aromatic N) is 2. The summed E-state index contributed by atoms with van der Waals surface area (Å²) in [5, 5.41) is 9.28. The predicted octanol–water partition coefficient (Wildman–Crippen LogP) is 1.96. The maximum Gasteiger partial charge on any atom is 0.250 e. The van der Waals surface area contributed by atoms with Gasteiger partial charge in [0.05, 0.1) is 0 Å². The Bertz CT molecular complexity index is 686. The first-order valence-corrected chi connectivity index (χ1v) is 8.69. The van der Waals surface area contributed by atoms with E-state index >= 15 is 0 Å². The Hall–Kier alpha value is -1.88. The van der Waals surface area contributed by atoms with Crippen molar-refractivity contribution in [3.8, 4) is 6.07 Å². The number of hydrogen-bond donors (Lipinski definition) is 1. The van der Waals surface area contributed by atoms with Crippen molar-refractivity contribution in [2.24, 2.45) is 0 Å². The van der Waals surface area contributed by atoms with Gasteiger partial charge in [-0.05, 0) is 36.6 Å². The Labute approximate surface area is 138 Å². The maximum absolute atomic E-state index is 12.3. The van der Waals surface area contributed by atoms with Gasteiger partial charge in [-0.15, -0.1) is 0 Å². The van der Waals surface area contributed by atoms with Gasteiger partial charge in [0.1, 0.15) is 6.07 Å². The van der Waals surface area contributed by atoms with Crippen LogP contribution in [0.5, 0.6) is 0 Å². The molecule has 126 valence electrons. The zero-order chi connectivity index (χ0) is 17.5. The van der Waals surface area contributed by atoms with Crippen molar-refractivity contribution < 1.29 is 13.2 Å². The van der Waals surface area contributed by atoms with Crippen LogP contribution >= 0.6 is 0 Å². The van der Waals surface area contributed by atoms with Crippen molar-refractivity contribution in [3.63, 3.8) is 0 Å². The summed E-state index contributed by atoms with van der Waals surface area (Å²) >= 11 is 0. The van der Waals surface area contributed by atoms with E-state index in [1.54, 1.807) is 20.1 Å². The van der Waals surface area contributed by atoms with Crippen molar-refractivity contribution in [1.29, 1.82) is 5.26 Å². The van der Waals surface area contributed by atoms with E-state index in [0.29, 0.717) is 24.2 Å². The molecule has 0 aliphatic rings. The van der Waals surface area contributed by atoms with Crippen LogP contribution in [0.15, 0.2) is 29.2 Å². The SMILES string of the molecule is COCCCNS(=O)(=O)/C(C#N)=C(\C)c1ccc(N(C)C)cc1. The molecule has 0 amide bonds. The van der Waals surface area contributed by atoms with Crippen LogP contribution in [-0.2, 0) is 14.8 Å². The second-order valence-corrected chi connectivity index (χ2v) is 6.96. The Morgan fingerprint density at radius 3 is 2.39 bits per heavy atom. The normalized spacial score (nSPS) is 12.5. The summed E-state index contributed by atoms with van der Waals surface area (Å²) in [7, 11) is 1.57. The number of benzene rings is 1. The first-order valence-electron chi connectivity index (χ1n) is 7.21. The molecule has 1 aromatic carbocycles. The fourth-order valence-corrected chi connectivity index (χ4v) is 3.18. The summed E-state index contributed by atoms with van der Waals surface area (Å²) in [5.74, 6) is 0. The van der Waals surface area contributed by atoms with E-state index < -0.39 is 10.0 Å². The highest BCUT2D eigenvalue weighted by Crippen LogP contribution is 2.23. The molecule has 1 aromatic rings. The van der Waals surface area contributed by atoms with Crippen molar-refractivity contribution in [2.45, 2.75) is 13.3 Å². The van der Waals surface area contributed by atoms with Crippen molar-refractivity contribution in [1.82, 2.24) is 4.72 Å². The number of nitrogens with one attached hydrogen (secondary N) is 1. The summed E-state index contributed by atoms with van der Waals surface area (Å²) < 4.78 is 31.9. The largest absolute Gasteiger partial charge is 0.385 e. The lowest BCUT2D eigenvalue weighted by Crippen LogP contribution is -2.27. The number of allylic oxidation sites excluding steroid dienone is 2. The van der Waals surface area contributed by atoms with Gasteiger partial charge in [-0.1, -0.05) is 12.1 Å². The summed E-state index contributed by atoms with van der Waals surface area (Å²) in [6, 6.07) is 9.19. The first-order chi connectivity index (χ1) is 10.8. The molecule has 0 spiro atoms. The minimum atomic E-state index is -3.82. The minimum absolute atomic E-state index is 0.230. The average molecular weight is 337 g/mol. The number of methoxy groups -OCH3 is 1. The number of anilines is 1. The van der Waals surface area contributed by atoms with E-state index in [4.69, 9.17) is 4.74 Å². The van der Waals surface area contributed by atoms with Crippen molar-refractivity contribution in [2.75, 3.05) is 39.3 Å². The highest BCUT2D eigenvalue weighted by molar-refractivity contribution is 7.93. The molecule has 0 radical (unpaired) electrons. The summed E-state index contributed by atoms with van der Waals surface area (Å²) in [4.78, 5) is 1.69. The molecule has 0 aliphatic carbocycles. The molecule has 0 aromatic heterocycles. The molecule has 1 rings (SSSR count). The Kier molecular flexibility index (Phi) is 7.23. The molecule has 0 atom stereocenters. The topological polar surface area (TPSA) is 82.4 Å². The fraction of sp³-hybridized carbons (Fsp3) is 0.438. The predicted molar refractivity (Wildman–Crippen MR) is 92.4 cm³/mol. The summed E-state index contributed by atoms with van der Waals surface area (Å²) in [5.41, 5.74) is 2.13. The van der Waals surface area contributed by atoms with Crippen LogP contribution in [0, 0.1) is 11.3 Å². The van der Waals surface area contributed by atoms with E-state index in [0.717, 1.165) is 5.69 Å². The third kappa shape index (κ3) is 5.36. The van der Waals surface area contributed by atoms with Crippen LogP contribution in [-0.4, -0.2) is 42.8 Å². The Morgan fingerprint density at radius 1 is 1.30 bits per heavy atom. The number of ether oxygens (including phenoxy) is 1. The van der Waals surface area contributed by atoms with Gasteiger partial charge in [-0.25, -0.2) is 13.1 Å². The van der Waals surface area contributed by atoms with Crippen molar-refractivity contribution >= 4 is 21.3 Å². The summed E-state index contributed by atoms with van der Waals surface area (Å²) in [6.07, 6.45) is 0.547. The molecule has 0 fully saturated rings. The second-order valence-electron chi connectivity index (χ2n) is 5.25. The lowest BCUT2D eigenvalue weighted by molar-refractivity contribution is 0.196. The summed E-state index contributed by atoms with van der Waals surface area (Å²) in [6.45, 7) is 2.32. The molecule has 0 bridgehead atoms. The van der Waals surface area contributed by atoms with Crippen LogP contribution in [0.25, 0.3) is 5.57 Å². The smallest absolute Gasteiger partial charge is 0.250 e. The molecule has 0 aliphatic heterocycles. The van der Waals surface area contributed by atoms with Gasteiger partial charge in [-0.3, -0.25) is 0 Å². The van der Waals surface area contributed by atoms with Crippen molar-refractivity contribution in [3.05, 3.63) is 34.7 Å². The van der Waals surface area contributed by atoms with Crippen LogP contribution in [0.3, 0.4) is 0 Å². The first kappa shape index (κ1) is 19.2. The molecule has 6 nitrogen and oxygen atoms in total. The maximum atomic E-state index is 12.3. The second kappa shape index (κ2) is 8.67. The van der Waals surface area contributed by atoms with E-state index in [9.17, 15) is 13.7 Å². The Morgan fingerprint density at radius 2 is 1.91 bits per heavy atom. The molecule has 0 saturated carbocycles. The molecule has 0 heterocycles. The number of sulfonamides is 1. The van der Waals surface area contributed by atoms with Gasteiger partial charge < -0.3 is 9.64 Å². The zero-order valence-electron chi connectivity index (χ0n) is 14.0. The van der Waals surface area contributed by atoms with Gasteiger partial charge in [0, 0.05) is 40.0 Å². The number of nitriles is 1. The third-order valence-electron chi connectivity index (χ3n) is 3.34. The average Bonchev–Trinajstić information content (AvgIpc) is 2.52. The molecule has 1 N–H and O–H groups in total. The monoisotopic (exact) mass is 337 g/mol. The Balaban J connectivity index is 3.05. The highest BCUT2D eigenvalue weighted by Gasteiger charge is 2.20. The van der Waals surface area contributed by atoms with E-state index in [-0.39, 0.29) is 11.4 Å². The van der Waals surface area contributed by atoms with Crippen LogP contribution in [0.1, 0.15) is 18.9 Å². The van der Waals surface area contributed by atoms with Gasteiger partial charge in [0.15, 0.2) is 4.91 Å². The van der Waals surface area contributed by atoms with Crippen LogP contribution < -0.4 is 9.62 Å². The lowest BCUT2D eigenvalue weighted by Gasteiger charge is -2.13. The molecular weight excluding hydrogens is 314 g/mol. The zero-order valence-corrected chi connectivity index (χ0v) is 14.8. The van der Waals surface area contributed by atoms with Gasteiger partial charge >= 0.3 is 0 Å². The molecule has 0 saturated heterocycles.